The Hall–Kier alpha value is -2.00. The molecule has 0 fully saturated rings. The highest BCUT2D eigenvalue weighted by Gasteiger charge is 2.31. The minimum absolute atomic E-state index is 0.0586. The number of amides is 1. The monoisotopic (exact) mass is 273 g/mol. The van der Waals surface area contributed by atoms with Gasteiger partial charge in [-0.3, -0.25) is 9.69 Å². The fourth-order valence-corrected chi connectivity index (χ4v) is 2.33. The quantitative estimate of drug-likeness (QED) is 0.792. The van der Waals surface area contributed by atoms with Crippen molar-refractivity contribution in [2.24, 2.45) is 0 Å². The average molecular weight is 274 g/mol. The summed E-state index contributed by atoms with van der Waals surface area (Å²) in [6.45, 7) is 1.85. The molecule has 0 radical (unpaired) electrons. The van der Waals surface area contributed by atoms with Gasteiger partial charge in [0.05, 0.1) is 5.56 Å². The Morgan fingerprint density at radius 1 is 1.11 bits per heavy atom. The number of para-hydroxylation sites is 1. The van der Waals surface area contributed by atoms with E-state index in [9.17, 15) is 4.79 Å². The largest absolute Gasteiger partial charge is 0.470 e. The van der Waals surface area contributed by atoms with Crippen LogP contribution in [0.15, 0.2) is 48.5 Å². The first kappa shape index (κ1) is 12.1. The van der Waals surface area contributed by atoms with E-state index in [2.05, 4.69) is 0 Å². The molecule has 3 rings (SSSR count). The second kappa shape index (κ2) is 4.59. The Labute approximate surface area is 116 Å². The summed E-state index contributed by atoms with van der Waals surface area (Å²) in [7, 11) is 0. The van der Waals surface area contributed by atoms with Crippen molar-refractivity contribution < 1.29 is 9.53 Å². The molecular weight excluding hydrogens is 262 g/mol. The molecule has 1 atom stereocenters. The van der Waals surface area contributed by atoms with Gasteiger partial charge in [0.25, 0.3) is 5.91 Å². The Morgan fingerprint density at radius 2 is 1.79 bits per heavy atom. The molecule has 4 heteroatoms. The highest BCUT2D eigenvalue weighted by atomic mass is 35.5. The lowest BCUT2D eigenvalue weighted by Gasteiger charge is -2.34. The maximum absolute atomic E-state index is 12.5. The molecule has 1 aliphatic rings. The van der Waals surface area contributed by atoms with E-state index in [1.807, 2.05) is 37.3 Å². The second-order valence-electron chi connectivity index (χ2n) is 4.36. The number of rotatable bonds is 1. The molecule has 0 saturated heterocycles. The second-order valence-corrected chi connectivity index (χ2v) is 4.80. The summed E-state index contributed by atoms with van der Waals surface area (Å²) in [5, 5.41) is 0.641. The van der Waals surface area contributed by atoms with E-state index in [0.29, 0.717) is 16.3 Å². The Balaban J connectivity index is 2.04. The molecule has 96 valence electrons. The van der Waals surface area contributed by atoms with E-state index >= 15 is 0 Å². The van der Waals surface area contributed by atoms with Crippen LogP contribution in [0.3, 0.4) is 0 Å². The van der Waals surface area contributed by atoms with Crippen LogP contribution in [-0.4, -0.2) is 12.1 Å². The minimum Gasteiger partial charge on any atom is -0.470 e. The van der Waals surface area contributed by atoms with E-state index in [4.69, 9.17) is 16.3 Å². The standard InChI is InChI=1S/C15H12ClNO2/c1-10-17(12-8-6-11(16)7-9-12)15(18)13-4-2-3-5-14(13)19-10/h2-10H,1H3. The number of anilines is 1. The number of hydrogen-bond donors (Lipinski definition) is 0. The molecule has 19 heavy (non-hydrogen) atoms. The third-order valence-electron chi connectivity index (χ3n) is 3.10. The number of carbonyl (C=O) groups is 1. The van der Waals surface area contributed by atoms with Gasteiger partial charge in [-0.05, 0) is 43.3 Å². The molecule has 2 aromatic carbocycles. The molecule has 0 bridgehead atoms. The first-order chi connectivity index (χ1) is 9.16. The van der Waals surface area contributed by atoms with Gasteiger partial charge in [-0.2, -0.15) is 0 Å². The van der Waals surface area contributed by atoms with Crippen LogP contribution in [0.4, 0.5) is 5.69 Å². The molecule has 0 spiro atoms. The third kappa shape index (κ3) is 2.06. The zero-order valence-corrected chi connectivity index (χ0v) is 11.1. The Kier molecular flexibility index (Phi) is 2.91. The van der Waals surface area contributed by atoms with Crippen molar-refractivity contribution in [3.63, 3.8) is 0 Å². The van der Waals surface area contributed by atoms with Gasteiger partial charge in [0.2, 0.25) is 0 Å². The minimum atomic E-state index is -0.344. The van der Waals surface area contributed by atoms with Crippen molar-refractivity contribution in [1.29, 1.82) is 0 Å². The van der Waals surface area contributed by atoms with Gasteiger partial charge >= 0.3 is 0 Å². The van der Waals surface area contributed by atoms with Gasteiger partial charge in [-0.25, -0.2) is 0 Å². The lowest BCUT2D eigenvalue weighted by Crippen LogP contribution is -2.45. The third-order valence-corrected chi connectivity index (χ3v) is 3.35. The van der Waals surface area contributed by atoms with Crippen LogP contribution in [-0.2, 0) is 0 Å². The Bertz CT molecular complexity index is 624. The lowest BCUT2D eigenvalue weighted by atomic mass is 10.1. The molecule has 3 nitrogen and oxygen atoms in total. The normalized spacial score (nSPS) is 17.9. The summed E-state index contributed by atoms with van der Waals surface area (Å²) < 4.78 is 5.77. The molecular formula is C15H12ClNO2. The molecule has 1 heterocycles. The summed E-state index contributed by atoms with van der Waals surface area (Å²) in [5.74, 6) is 0.571. The number of carbonyl (C=O) groups excluding carboxylic acids is 1. The Morgan fingerprint density at radius 3 is 2.53 bits per heavy atom. The summed E-state index contributed by atoms with van der Waals surface area (Å²) in [6, 6.07) is 14.4. The number of ether oxygens (including phenoxy) is 1. The predicted molar refractivity (Wildman–Crippen MR) is 74.8 cm³/mol. The lowest BCUT2D eigenvalue weighted by molar-refractivity contribution is 0.0877. The molecule has 1 aliphatic heterocycles. The maximum atomic E-state index is 12.5. The topological polar surface area (TPSA) is 29.5 Å². The SMILES string of the molecule is CC1Oc2ccccc2C(=O)N1c1ccc(Cl)cc1. The molecule has 1 amide bonds. The highest BCUT2D eigenvalue weighted by molar-refractivity contribution is 6.30. The molecule has 0 N–H and O–H groups in total. The first-order valence-electron chi connectivity index (χ1n) is 6.01. The number of benzene rings is 2. The summed E-state index contributed by atoms with van der Waals surface area (Å²) in [6.07, 6.45) is -0.344. The van der Waals surface area contributed by atoms with Crippen LogP contribution in [0.5, 0.6) is 5.75 Å². The van der Waals surface area contributed by atoms with Gasteiger partial charge in [0.1, 0.15) is 5.75 Å². The van der Waals surface area contributed by atoms with E-state index in [1.165, 1.54) is 0 Å². The number of halogens is 1. The van der Waals surface area contributed by atoms with Gasteiger partial charge < -0.3 is 4.74 Å². The van der Waals surface area contributed by atoms with Gasteiger partial charge in [0, 0.05) is 10.7 Å². The summed E-state index contributed by atoms with van der Waals surface area (Å²) >= 11 is 5.87. The van der Waals surface area contributed by atoms with Crippen LogP contribution in [0, 0.1) is 0 Å². The van der Waals surface area contributed by atoms with Crippen LogP contribution in [0.2, 0.25) is 5.02 Å². The van der Waals surface area contributed by atoms with Crippen LogP contribution in [0.25, 0.3) is 0 Å². The van der Waals surface area contributed by atoms with Crippen LogP contribution in [0.1, 0.15) is 17.3 Å². The van der Waals surface area contributed by atoms with Crippen molar-refractivity contribution in [3.8, 4) is 5.75 Å². The maximum Gasteiger partial charge on any atom is 0.264 e. The van der Waals surface area contributed by atoms with Crippen molar-refractivity contribution in [1.82, 2.24) is 0 Å². The van der Waals surface area contributed by atoms with E-state index in [1.54, 1.807) is 23.1 Å². The summed E-state index contributed by atoms with van der Waals surface area (Å²) in [5.41, 5.74) is 1.35. The van der Waals surface area contributed by atoms with E-state index in [-0.39, 0.29) is 12.1 Å². The first-order valence-corrected chi connectivity index (χ1v) is 6.39. The number of hydrogen-bond acceptors (Lipinski definition) is 2. The molecule has 1 unspecified atom stereocenters. The van der Waals surface area contributed by atoms with Crippen molar-refractivity contribution >= 4 is 23.2 Å². The molecule has 0 aliphatic carbocycles. The van der Waals surface area contributed by atoms with Crippen molar-refractivity contribution in [2.75, 3.05) is 4.90 Å². The summed E-state index contributed by atoms with van der Waals surface area (Å²) in [4.78, 5) is 14.1. The van der Waals surface area contributed by atoms with Gasteiger partial charge in [-0.1, -0.05) is 23.7 Å². The fraction of sp³-hybridized carbons (Fsp3) is 0.133. The van der Waals surface area contributed by atoms with Crippen LogP contribution >= 0.6 is 11.6 Å². The molecule has 0 aromatic heterocycles. The zero-order valence-electron chi connectivity index (χ0n) is 10.3. The average Bonchev–Trinajstić information content (AvgIpc) is 2.41. The molecule has 0 saturated carbocycles. The molecule has 2 aromatic rings. The fourth-order valence-electron chi connectivity index (χ4n) is 2.21. The van der Waals surface area contributed by atoms with Gasteiger partial charge in [0.15, 0.2) is 6.23 Å². The van der Waals surface area contributed by atoms with Crippen molar-refractivity contribution in [3.05, 3.63) is 59.1 Å². The van der Waals surface area contributed by atoms with E-state index < -0.39 is 0 Å². The van der Waals surface area contributed by atoms with Crippen molar-refractivity contribution in [2.45, 2.75) is 13.2 Å². The van der Waals surface area contributed by atoms with Gasteiger partial charge in [-0.15, -0.1) is 0 Å². The zero-order chi connectivity index (χ0) is 13.4. The van der Waals surface area contributed by atoms with E-state index in [0.717, 1.165) is 5.69 Å². The highest BCUT2D eigenvalue weighted by Crippen LogP contribution is 2.31. The number of fused-ring (bicyclic) bond motifs is 1. The predicted octanol–water partition coefficient (Wildman–Crippen LogP) is 3.73. The number of nitrogens with zero attached hydrogens (tertiary/aromatic N) is 1. The van der Waals surface area contributed by atoms with Crippen LogP contribution < -0.4 is 9.64 Å². The smallest absolute Gasteiger partial charge is 0.264 e.